The van der Waals surface area contributed by atoms with Crippen molar-refractivity contribution in [2.75, 3.05) is 13.1 Å². The standard InChI is InChI=1S/C21H17F2N3O3/c22-21(23)6-8-26(9-7-21)19(27)14-4-5-17-13(10-14)2-1-3-16(17)15-11-24-18(20(28)29)25-12-15/h1-5,10-12H,6-9H2,(H,28,29). The van der Waals surface area contributed by atoms with Gasteiger partial charge in [-0.3, -0.25) is 4.79 Å². The number of carboxylic acid groups (broad SMARTS) is 1. The highest BCUT2D eigenvalue weighted by molar-refractivity contribution is 6.02. The van der Waals surface area contributed by atoms with Crippen molar-refractivity contribution < 1.29 is 23.5 Å². The molecule has 1 aliphatic rings. The van der Waals surface area contributed by atoms with Gasteiger partial charge in [-0.15, -0.1) is 0 Å². The Labute approximate surface area is 164 Å². The first-order valence-electron chi connectivity index (χ1n) is 9.10. The lowest BCUT2D eigenvalue weighted by Gasteiger charge is -2.31. The summed E-state index contributed by atoms with van der Waals surface area (Å²) in [6, 6.07) is 10.7. The van der Waals surface area contributed by atoms with E-state index in [1.807, 2.05) is 18.2 Å². The van der Waals surface area contributed by atoms with E-state index in [-0.39, 0.29) is 37.7 Å². The fraction of sp³-hybridized carbons (Fsp3) is 0.238. The number of alkyl halides is 2. The van der Waals surface area contributed by atoms with Gasteiger partial charge in [0.2, 0.25) is 5.82 Å². The first-order valence-corrected chi connectivity index (χ1v) is 9.10. The zero-order valence-electron chi connectivity index (χ0n) is 15.3. The monoisotopic (exact) mass is 397 g/mol. The van der Waals surface area contributed by atoms with E-state index < -0.39 is 11.9 Å². The minimum absolute atomic E-state index is 0.0389. The molecule has 6 nitrogen and oxygen atoms in total. The number of carboxylic acids is 1. The van der Waals surface area contributed by atoms with Gasteiger partial charge in [0.15, 0.2) is 0 Å². The molecule has 4 rings (SSSR count). The first-order chi connectivity index (χ1) is 13.8. The summed E-state index contributed by atoms with van der Waals surface area (Å²) in [6.45, 7) is 0.0777. The molecule has 2 heterocycles. The van der Waals surface area contributed by atoms with E-state index in [2.05, 4.69) is 9.97 Å². The largest absolute Gasteiger partial charge is 0.475 e. The third-order valence-corrected chi connectivity index (χ3v) is 5.06. The van der Waals surface area contributed by atoms with Crippen LogP contribution in [0.15, 0.2) is 48.8 Å². The predicted octanol–water partition coefficient (Wildman–Crippen LogP) is 3.87. The number of rotatable bonds is 3. The molecule has 0 unspecified atom stereocenters. The molecular weight excluding hydrogens is 380 g/mol. The average molecular weight is 397 g/mol. The fourth-order valence-electron chi connectivity index (χ4n) is 3.47. The van der Waals surface area contributed by atoms with Gasteiger partial charge < -0.3 is 10.0 Å². The Bertz CT molecular complexity index is 1090. The molecule has 0 bridgehead atoms. The Morgan fingerprint density at radius 1 is 1.03 bits per heavy atom. The predicted molar refractivity (Wildman–Crippen MR) is 102 cm³/mol. The number of carbonyl (C=O) groups is 2. The lowest BCUT2D eigenvalue weighted by molar-refractivity contribution is -0.0494. The molecule has 1 amide bonds. The number of nitrogens with zero attached hydrogens (tertiary/aromatic N) is 3. The lowest BCUT2D eigenvalue weighted by Crippen LogP contribution is -2.42. The van der Waals surface area contributed by atoms with Crippen LogP contribution in [0.5, 0.6) is 0 Å². The minimum Gasteiger partial charge on any atom is -0.475 e. The van der Waals surface area contributed by atoms with Crippen LogP contribution < -0.4 is 0 Å². The number of aromatic carboxylic acids is 1. The van der Waals surface area contributed by atoms with E-state index in [9.17, 15) is 18.4 Å². The summed E-state index contributed by atoms with van der Waals surface area (Å²) < 4.78 is 26.7. The number of hydrogen-bond acceptors (Lipinski definition) is 4. The molecule has 1 aromatic heterocycles. The summed E-state index contributed by atoms with van der Waals surface area (Å²) in [5, 5.41) is 10.6. The van der Waals surface area contributed by atoms with Crippen LogP contribution in [0.25, 0.3) is 21.9 Å². The number of piperidine rings is 1. The number of amides is 1. The average Bonchev–Trinajstić information content (AvgIpc) is 2.72. The van der Waals surface area contributed by atoms with E-state index in [1.165, 1.54) is 17.3 Å². The zero-order valence-corrected chi connectivity index (χ0v) is 15.3. The number of carbonyl (C=O) groups excluding carboxylic acids is 1. The molecule has 1 aliphatic heterocycles. The second-order valence-corrected chi connectivity index (χ2v) is 6.99. The lowest BCUT2D eigenvalue weighted by atomic mass is 9.98. The van der Waals surface area contributed by atoms with Crippen molar-refractivity contribution in [3.05, 3.63) is 60.2 Å². The molecule has 0 atom stereocenters. The highest BCUT2D eigenvalue weighted by atomic mass is 19.3. The van der Waals surface area contributed by atoms with E-state index in [4.69, 9.17) is 5.11 Å². The van der Waals surface area contributed by atoms with Crippen molar-refractivity contribution in [2.24, 2.45) is 0 Å². The molecular formula is C21H17F2N3O3. The van der Waals surface area contributed by atoms with E-state index in [0.29, 0.717) is 11.1 Å². The van der Waals surface area contributed by atoms with Crippen LogP contribution >= 0.6 is 0 Å². The van der Waals surface area contributed by atoms with Crippen LogP contribution in [-0.4, -0.2) is 50.9 Å². The van der Waals surface area contributed by atoms with Crippen LogP contribution in [0.2, 0.25) is 0 Å². The van der Waals surface area contributed by atoms with Gasteiger partial charge in [-0.05, 0) is 28.5 Å². The first kappa shape index (κ1) is 18.9. The van der Waals surface area contributed by atoms with E-state index >= 15 is 0 Å². The van der Waals surface area contributed by atoms with Crippen LogP contribution in [0.3, 0.4) is 0 Å². The maximum absolute atomic E-state index is 13.3. The zero-order chi connectivity index (χ0) is 20.6. The summed E-state index contributed by atoms with van der Waals surface area (Å²) in [4.78, 5) is 32.8. The van der Waals surface area contributed by atoms with Crippen molar-refractivity contribution in [2.45, 2.75) is 18.8 Å². The molecule has 8 heteroatoms. The van der Waals surface area contributed by atoms with Gasteiger partial charge in [0.1, 0.15) is 0 Å². The second-order valence-electron chi connectivity index (χ2n) is 6.99. The van der Waals surface area contributed by atoms with Crippen molar-refractivity contribution in [1.82, 2.24) is 14.9 Å². The number of benzene rings is 2. The third kappa shape index (κ3) is 3.78. The van der Waals surface area contributed by atoms with Crippen LogP contribution in [0.4, 0.5) is 8.78 Å². The molecule has 0 saturated carbocycles. The van der Waals surface area contributed by atoms with Gasteiger partial charge >= 0.3 is 5.97 Å². The van der Waals surface area contributed by atoms with E-state index in [1.54, 1.807) is 18.2 Å². The van der Waals surface area contributed by atoms with Crippen LogP contribution in [0.1, 0.15) is 33.8 Å². The summed E-state index contributed by atoms with van der Waals surface area (Å²) in [7, 11) is 0. The van der Waals surface area contributed by atoms with E-state index in [0.717, 1.165) is 16.3 Å². The third-order valence-electron chi connectivity index (χ3n) is 5.06. The van der Waals surface area contributed by atoms with Crippen LogP contribution in [-0.2, 0) is 0 Å². The molecule has 0 aliphatic carbocycles. The Hall–Kier alpha value is -3.42. The highest BCUT2D eigenvalue weighted by Gasteiger charge is 2.35. The Balaban J connectivity index is 1.64. The molecule has 1 N–H and O–H groups in total. The normalized spacial score (nSPS) is 16.0. The molecule has 1 saturated heterocycles. The molecule has 2 aromatic carbocycles. The highest BCUT2D eigenvalue weighted by Crippen LogP contribution is 2.31. The molecule has 0 spiro atoms. The van der Waals surface area contributed by atoms with Crippen LogP contribution in [0, 0.1) is 0 Å². The van der Waals surface area contributed by atoms with Gasteiger partial charge in [-0.2, -0.15) is 0 Å². The molecule has 0 radical (unpaired) electrons. The van der Waals surface area contributed by atoms with Gasteiger partial charge in [-0.1, -0.05) is 24.3 Å². The Morgan fingerprint density at radius 2 is 1.72 bits per heavy atom. The Kier molecular flexibility index (Phi) is 4.70. The molecule has 29 heavy (non-hydrogen) atoms. The SMILES string of the molecule is O=C(O)c1ncc(-c2cccc3cc(C(=O)N4CCC(F)(F)CC4)ccc23)cn1. The maximum atomic E-state index is 13.3. The second kappa shape index (κ2) is 7.20. The topological polar surface area (TPSA) is 83.4 Å². The quantitative estimate of drug-likeness (QED) is 0.726. The van der Waals surface area contributed by atoms with Crippen molar-refractivity contribution in [3.63, 3.8) is 0 Å². The number of aromatic nitrogens is 2. The molecule has 148 valence electrons. The van der Waals surface area contributed by atoms with Crippen molar-refractivity contribution >= 4 is 22.6 Å². The van der Waals surface area contributed by atoms with Crippen molar-refractivity contribution in [1.29, 1.82) is 0 Å². The minimum atomic E-state index is -2.70. The Morgan fingerprint density at radius 3 is 2.38 bits per heavy atom. The maximum Gasteiger partial charge on any atom is 0.373 e. The van der Waals surface area contributed by atoms with Gasteiger partial charge in [0, 0.05) is 49.5 Å². The van der Waals surface area contributed by atoms with Gasteiger partial charge in [-0.25, -0.2) is 23.5 Å². The van der Waals surface area contributed by atoms with Gasteiger partial charge in [0.25, 0.3) is 11.8 Å². The smallest absolute Gasteiger partial charge is 0.373 e. The number of halogens is 2. The number of hydrogen-bond donors (Lipinski definition) is 1. The van der Waals surface area contributed by atoms with Gasteiger partial charge in [0.05, 0.1) is 0 Å². The summed E-state index contributed by atoms with van der Waals surface area (Å²) in [5.74, 6) is -4.45. The summed E-state index contributed by atoms with van der Waals surface area (Å²) >= 11 is 0. The molecule has 1 fully saturated rings. The fourth-order valence-corrected chi connectivity index (χ4v) is 3.47. The summed E-state index contributed by atoms with van der Waals surface area (Å²) in [5.41, 5.74) is 1.89. The summed E-state index contributed by atoms with van der Waals surface area (Å²) in [6.07, 6.45) is 2.25. The number of fused-ring (bicyclic) bond motifs is 1. The number of likely N-dealkylation sites (tertiary alicyclic amines) is 1. The molecule has 3 aromatic rings. The van der Waals surface area contributed by atoms with Crippen molar-refractivity contribution in [3.8, 4) is 11.1 Å².